The van der Waals surface area contributed by atoms with Crippen molar-refractivity contribution in [3.8, 4) is 0 Å². The van der Waals surface area contributed by atoms with Gasteiger partial charge in [-0.1, -0.05) is 64.3 Å². The lowest BCUT2D eigenvalue weighted by molar-refractivity contribution is -0.122. The maximum Gasteiger partial charge on any atom is 0.143 e. The largest absolute Gasteiger partial charge is 0.300 e. The Hall–Kier alpha value is 0.280. The van der Waals surface area contributed by atoms with E-state index in [1.165, 1.54) is 0 Å². The Morgan fingerprint density at radius 3 is 2.56 bits per heavy atom. The predicted molar refractivity (Wildman–Crippen MR) is 91.5 cm³/mol. The molecule has 18 heavy (non-hydrogen) atoms. The molecule has 0 N–H and O–H groups in total. The van der Waals surface area contributed by atoms with E-state index in [0.717, 1.165) is 11.9 Å². The summed E-state index contributed by atoms with van der Waals surface area (Å²) in [5, 5.41) is 0. The van der Waals surface area contributed by atoms with E-state index in [1.807, 2.05) is 13.0 Å². The SMILES string of the molecule is CC(=C/C=O)/C=C/C1(I)[C@@H](C)CC(=O)CC1(C)I. The molecule has 1 aliphatic carbocycles. The molecule has 1 rings (SSSR count). The van der Waals surface area contributed by atoms with Crippen LogP contribution in [0.2, 0.25) is 0 Å². The van der Waals surface area contributed by atoms with Gasteiger partial charge in [-0.2, -0.15) is 0 Å². The number of carbonyl (C=O) groups is 2. The van der Waals surface area contributed by atoms with Crippen LogP contribution in [0.4, 0.5) is 0 Å². The fourth-order valence-corrected chi connectivity index (χ4v) is 4.06. The van der Waals surface area contributed by atoms with Crippen molar-refractivity contribution in [2.75, 3.05) is 0 Å². The van der Waals surface area contributed by atoms with Gasteiger partial charge in [-0.05, 0) is 31.4 Å². The van der Waals surface area contributed by atoms with Crippen LogP contribution in [0.25, 0.3) is 0 Å². The first-order valence-corrected chi connectivity index (χ1v) is 8.09. The quantitative estimate of drug-likeness (QED) is 0.204. The second-order valence-corrected chi connectivity index (χ2v) is 9.33. The van der Waals surface area contributed by atoms with Crippen molar-refractivity contribution in [2.45, 2.75) is 40.5 Å². The molecule has 0 radical (unpaired) electrons. The van der Waals surface area contributed by atoms with Gasteiger partial charge in [0.1, 0.15) is 12.1 Å². The molecule has 1 fully saturated rings. The number of rotatable bonds is 3. The molecule has 3 atom stereocenters. The van der Waals surface area contributed by atoms with Gasteiger partial charge in [-0.3, -0.25) is 9.59 Å². The van der Waals surface area contributed by atoms with E-state index < -0.39 is 0 Å². The third-order valence-electron chi connectivity index (χ3n) is 3.50. The minimum Gasteiger partial charge on any atom is -0.300 e. The Balaban J connectivity index is 3.05. The van der Waals surface area contributed by atoms with Gasteiger partial charge in [0.15, 0.2) is 0 Å². The first-order valence-electron chi connectivity index (χ1n) is 5.94. The lowest BCUT2D eigenvalue weighted by atomic mass is 9.72. The van der Waals surface area contributed by atoms with E-state index in [1.54, 1.807) is 6.08 Å². The van der Waals surface area contributed by atoms with Crippen LogP contribution in [0.3, 0.4) is 0 Å². The van der Waals surface area contributed by atoms with Gasteiger partial charge < -0.3 is 0 Å². The van der Waals surface area contributed by atoms with Gasteiger partial charge in [0, 0.05) is 16.3 Å². The molecule has 0 aromatic heterocycles. The van der Waals surface area contributed by atoms with Crippen LogP contribution in [-0.4, -0.2) is 18.9 Å². The molecule has 0 aromatic carbocycles. The van der Waals surface area contributed by atoms with E-state index in [4.69, 9.17) is 0 Å². The minimum atomic E-state index is -0.0853. The van der Waals surface area contributed by atoms with Gasteiger partial charge in [0.2, 0.25) is 0 Å². The Kier molecular flexibility index (Phi) is 5.58. The van der Waals surface area contributed by atoms with Crippen LogP contribution in [0.1, 0.15) is 33.6 Å². The Bertz CT molecular complexity index is 410. The van der Waals surface area contributed by atoms with E-state index in [2.05, 4.69) is 65.1 Å². The third kappa shape index (κ3) is 3.43. The molecule has 2 nitrogen and oxygen atoms in total. The summed E-state index contributed by atoms with van der Waals surface area (Å²) in [6.07, 6.45) is 7.76. The number of hydrogen-bond acceptors (Lipinski definition) is 2. The van der Waals surface area contributed by atoms with E-state index in [0.29, 0.717) is 24.5 Å². The fraction of sp³-hybridized carbons (Fsp3) is 0.571. The number of ketones is 1. The van der Waals surface area contributed by atoms with Crippen LogP contribution in [0.5, 0.6) is 0 Å². The smallest absolute Gasteiger partial charge is 0.143 e. The molecule has 0 amide bonds. The summed E-state index contributed by atoms with van der Waals surface area (Å²) < 4.78 is -0.144. The van der Waals surface area contributed by atoms with Gasteiger partial charge in [-0.25, -0.2) is 0 Å². The molecule has 0 aromatic rings. The van der Waals surface area contributed by atoms with Gasteiger partial charge in [0.25, 0.3) is 0 Å². The number of carbonyl (C=O) groups excluding carboxylic acids is 2. The lowest BCUT2D eigenvalue weighted by Gasteiger charge is -2.46. The highest BCUT2D eigenvalue weighted by molar-refractivity contribution is 14.1. The average Bonchev–Trinajstić information content (AvgIpc) is 2.23. The van der Waals surface area contributed by atoms with Crippen molar-refractivity contribution in [2.24, 2.45) is 5.92 Å². The first kappa shape index (κ1) is 16.3. The Morgan fingerprint density at radius 1 is 1.44 bits per heavy atom. The van der Waals surface area contributed by atoms with Crippen molar-refractivity contribution in [3.63, 3.8) is 0 Å². The maximum absolute atomic E-state index is 11.7. The molecular formula is C14H18I2O2. The molecule has 0 bridgehead atoms. The first-order chi connectivity index (χ1) is 8.23. The van der Waals surface area contributed by atoms with Crippen molar-refractivity contribution in [3.05, 3.63) is 23.8 Å². The highest BCUT2D eigenvalue weighted by Crippen LogP contribution is 2.52. The number of aldehydes is 1. The fourth-order valence-electron chi connectivity index (χ4n) is 2.34. The summed E-state index contributed by atoms with van der Waals surface area (Å²) in [6, 6.07) is 0. The van der Waals surface area contributed by atoms with Crippen molar-refractivity contribution in [1.29, 1.82) is 0 Å². The van der Waals surface area contributed by atoms with Crippen molar-refractivity contribution >= 4 is 57.3 Å². The summed E-state index contributed by atoms with van der Waals surface area (Å²) in [6.45, 7) is 6.17. The Labute approximate surface area is 136 Å². The zero-order valence-electron chi connectivity index (χ0n) is 10.9. The van der Waals surface area contributed by atoms with Crippen LogP contribution in [-0.2, 0) is 9.59 Å². The van der Waals surface area contributed by atoms with E-state index >= 15 is 0 Å². The summed E-state index contributed by atoms with van der Waals surface area (Å²) in [7, 11) is 0. The van der Waals surface area contributed by atoms with Crippen molar-refractivity contribution < 1.29 is 9.59 Å². The van der Waals surface area contributed by atoms with Crippen LogP contribution >= 0.6 is 45.2 Å². The van der Waals surface area contributed by atoms with E-state index in [-0.39, 0.29) is 6.84 Å². The molecule has 100 valence electrons. The standard InChI is InChI=1S/C14H18I2O2/c1-10(5-7-17)4-6-14(16)11(2)8-12(18)9-13(14,3)15/h4-7,11H,8-9H2,1-3H3/b6-4+,10-5-/t11-,13?,14?/m0/s1. The normalized spacial score (nSPS) is 38.2. The van der Waals surface area contributed by atoms with Gasteiger partial charge >= 0.3 is 0 Å². The highest BCUT2D eigenvalue weighted by Gasteiger charge is 2.51. The molecule has 4 heteroatoms. The number of alkyl halides is 2. The van der Waals surface area contributed by atoms with Gasteiger partial charge in [0.05, 0.1) is 3.42 Å². The average molecular weight is 472 g/mol. The molecular weight excluding hydrogens is 454 g/mol. The second-order valence-electron chi connectivity index (χ2n) is 5.17. The lowest BCUT2D eigenvalue weighted by Crippen LogP contribution is -2.51. The molecule has 2 unspecified atom stereocenters. The molecule has 0 saturated heterocycles. The topological polar surface area (TPSA) is 34.1 Å². The monoisotopic (exact) mass is 472 g/mol. The highest BCUT2D eigenvalue weighted by atomic mass is 127. The third-order valence-corrected chi connectivity index (χ3v) is 8.42. The van der Waals surface area contributed by atoms with Crippen LogP contribution in [0.15, 0.2) is 23.8 Å². The summed E-state index contributed by atoms with van der Waals surface area (Å²) in [5.74, 6) is 0.654. The molecule has 1 aliphatic rings. The zero-order valence-corrected chi connectivity index (χ0v) is 15.2. The van der Waals surface area contributed by atoms with Gasteiger partial charge in [-0.15, -0.1) is 0 Å². The number of hydrogen-bond donors (Lipinski definition) is 0. The van der Waals surface area contributed by atoms with Crippen LogP contribution < -0.4 is 0 Å². The molecule has 1 saturated carbocycles. The molecule has 0 aliphatic heterocycles. The molecule has 0 heterocycles. The summed E-state index contributed by atoms with van der Waals surface area (Å²) in [5.41, 5.74) is 0.942. The van der Waals surface area contributed by atoms with E-state index in [9.17, 15) is 9.59 Å². The maximum atomic E-state index is 11.7. The van der Waals surface area contributed by atoms with Crippen molar-refractivity contribution in [1.82, 2.24) is 0 Å². The summed E-state index contributed by atoms with van der Waals surface area (Å²) in [4.78, 5) is 22.2. The summed E-state index contributed by atoms with van der Waals surface area (Å²) >= 11 is 4.87. The number of Topliss-reactive ketones (excluding diaryl/α,β-unsaturated/α-hetero) is 1. The molecule has 0 spiro atoms. The second kappa shape index (κ2) is 6.15. The minimum absolute atomic E-state index is 0.0583. The van der Waals surface area contributed by atoms with Crippen LogP contribution in [0, 0.1) is 5.92 Å². The zero-order chi connectivity index (χ0) is 14.0. The predicted octanol–water partition coefficient (Wildman–Crippen LogP) is 4.05. The Morgan fingerprint density at radius 2 is 2.06 bits per heavy atom. The number of halogens is 2. The number of allylic oxidation sites excluding steroid dienone is 4.